The molecular formula is C18H24N2O. The molecule has 1 saturated carbocycles. The van der Waals surface area contributed by atoms with Crippen molar-refractivity contribution in [3.8, 4) is 0 Å². The molecule has 1 aliphatic rings. The minimum Gasteiger partial charge on any atom is -0.322 e. The van der Waals surface area contributed by atoms with Gasteiger partial charge in [0.25, 0.3) is 5.56 Å². The van der Waals surface area contributed by atoms with Crippen LogP contribution in [0, 0.1) is 11.8 Å². The number of benzene rings is 1. The number of hydrogen-bond donors (Lipinski definition) is 2. The monoisotopic (exact) mass is 284 g/mol. The molecule has 0 spiro atoms. The van der Waals surface area contributed by atoms with Gasteiger partial charge in [-0.25, -0.2) is 0 Å². The first-order valence-electron chi connectivity index (χ1n) is 8.03. The summed E-state index contributed by atoms with van der Waals surface area (Å²) in [5.41, 5.74) is 1.77. The maximum absolute atomic E-state index is 12.1. The molecule has 3 unspecified atom stereocenters. The highest BCUT2D eigenvalue weighted by Gasteiger charge is 2.30. The fourth-order valence-electron chi connectivity index (χ4n) is 3.68. The van der Waals surface area contributed by atoms with Gasteiger partial charge in [0.05, 0.1) is 0 Å². The van der Waals surface area contributed by atoms with Crippen LogP contribution in [0.3, 0.4) is 0 Å². The standard InChI is InChI=1S/C18H24N2O/c1-3-13-8-9-16(12(13)2)19-11-15-10-14-6-4-5-7-17(14)20-18(15)21/h4-7,10,12-13,16,19H,3,8-9,11H2,1-2H3,(H,20,21). The fourth-order valence-corrected chi connectivity index (χ4v) is 3.68. The highest BCUT2D eigenvalue weighted by Crippen LogP contribution is 2.33. The van der Waals surface area contributed by atoms with Gasteiger partial charge >= 0.3 is 0 Å². The topological polar surface area (TPSA) is 44.9 Å². The van der Waals surface area contributed by atoms with E-state index in [-0.39, 0.29) is 5.56 Å². The lowest BCUT2D eigenvalue weighted by Crippen LogP contribution is -2.34. The Labute approximate surface area is 125 Å². The molecule has 2 aromatic rings. The van der Waals surface area contributed by atoms with Crippen molar-refractivity contribution in [3.05, 3.63) is 46.2 Å². The average molecular weight is 284 g/mol. The summed E-state index contributed by atoms with van der Waals surface area (Å²) in [6, 6.07) is 10.5. The van der Waals surface area contributed by atoms with E-state index in [1.54, 1.807) is 0 Å². The summed E-state index contributed by atoms with van der Waals surface area (Å²) in [5, 5.41) is 4.69. The van der Waals surface area contributed by atoms with Gasteiger partial charge in [-0.15, -0.1) is 0 Å². The SMILES string of the molecule is CCC1CCC(NCc2cc3ccccc3[nH]c2=O)C1C. The number of aromatic nitrogens is 1. The largest absolute Gasteiger partial charge is 0.322 e. The van der Waals surface area contributed by atoms with Gasteiger partial charge in [0.15, 0.2) is 0 Å². The molecule has 1 aromatic heterocycles. The Kier molecular flexibility index (Phi) is 4.11. The normalized spacial score (nSPS) is 25.5. The average Bonchev–Trinajstić information content (AvgIpc) is 2.85. The lowest BCUT2D eigenvalue weighted by Gasteiger charge is -2.21. The zero-order valence-corrected chi connectivity index (χ0v) is 12.9. The van der Waals surface area contributed by atoms with E-state index >= 15 is 0 Å². The van der Waals surface area contributed by atoms with Crippen molar-refractivity contribution in [3.63, 3.8) is 0 Å². The van der Waals surface area contributed by atoms with Crippen LogP contribution in [0.4, 0.5) is 0 Å². The zero-order chi connectivity index (χ0) is 14.8. The van der Waals surface area contributed by atoms with E-state index in [0.29, 0.717) is 18.5 Å². The lowest BCUT2D eigenvalue weighted by atomic mass is 9.93. The van der Waals surface area contributed by atoms with Gasteiger partial charge in [-0.2, -0.15) is 0 Å². The van der Waals surface area contributed by atoms with Crippen LogP contribution in [0.15, 0.2) is 35.1 Å². The number of fused-ring (bicyclic) bond motifs is 1. The second kappa shape index (κ2) is 6.02. The van der Waals surface area contributed by atoms with E-state index in [1.165, 1.54) is 19.3 Å². The molecule has 0 radical (unpaired) electrons. The third-order valence-electron chi connectivity index (χ3n) is 5.14. The molecule has 112 valence electrons. The summed E-state index contributed by atoms with van der Waals surface area (Å²) < 4.78 is 0. The van der Waals surface area contributed by atoms with E-state index in [9.17, 15) is 4.79 Å². The van der Waals surface area contributed by atoms with Gasteiger partial charge in [-0.1, -0.05) is 38.5 Å². The fraction of sp³-hybridized carbons (Fsp3) is 0.500. The van der Waals surface area contributed by atoms with Crippen molar-refractivity contribution in [1.82, 2.24) is 10.3 Å². The molecule has 21 heavy (non-hydrogen) atoms. The smallest absolute Gasteiger partial charge is 0.252 e. The highest BCUT2D eigenvalue weighted by molar-refractivity contribution is 5.78. The maximum atomic E-state index is 12.1. The predicted octanol–water partition coefficient (Wildman–Crippen LogP) is 3.44. The minimum absolute atomic E-state index is 0.0268. The minimum atomic E-state index is 0.0268. The number of rotatable bonds is 4. The number of para-hydroxylation sites is 1. The zero-order valence-electron chi connectivity index (χ0n) is 12.9. The molecule has 0 saturated heterocycles. The Balaban J connectivity index is 1.74. The number of hydrogen-bond acceptors (Lipinski definition) is 2. The van der Waals surface area contributed by atoms with Crippen LogP contribution in [0.5, 0.6) is 0 Å². The quantitative estimate of drug-likeness (QED) is 0.903. The van der Waals surface area contributed by atoms with Crippen LogP contribution in [-0.4, -0.2) is 11.0 Å². The highest BCUT2D eigenvalue weighted by atomic mass is 16.1. The van der Waals surface area contributed by atoms with E-state index in [4.69, 9.17) is 0 Å². The summed E-state index contributed by atoms with van der Waals surface area (Å²) in [6.07, 6.45) is 3.80. The summed E-state index contributed by atoms with van der Waals surface area (Å²) in [4.78, 5) is 15.1. The molecule has 3 heteroatoms. The van der Waals surface area contributed by atoms with Crippen LogP contribution in [-0.2, 0) is 6.54 Å². The van der Waals surface area contributed by atoms with E-state index in [0.717, 1.165) is 22.4 Å². The van der Waals surface area contributed by atoms with Crippen molar-refractivity contribution in [2.45, 2.75) is 45.7 Å². The molecule has 2 N–H and O–H groups in total. The van der Waals surface area contributed by atoms with E-state index in [1.807, 2.05) is 30.3 Å². The molecular weight excluding hydrogens is 260 g/mol. The van der Waals surface area contributed by atoms with Crippen molar-refractivity contribution in [2.24, 2.45) is 11.8 Å². The van der Waals surface area contributed by atoms with Gasteiger partial charge in [-0.05, 0) is 42.2 Å². The van der Waals surface area contributed by atoms with Crippen LogP contribution < -0.4 is 10.9 Å². The molecule has 0 aliphatic heterocycles. The maximum Gasteiger partial charge on any atom is 0.252 e. The lowest BCUT2D eigenvalue weighted by molar-refractivity contribution is 0.344. The Morgan fingerprint density at radius 3 is 2.86 bits per heavy atom. The first kappa shape index (κ1) is 14.3. The molecule has 1 heterocycles. The van der Waals surface area contributed by atoms with Crippen LogP contribution >= 0.6 is 0 Å². The van der Waals surface area contributed by atoms with Gasteiger partial charge in [-0.3, -0.25) is 4.79 Å². The summed E-state index contributed by atoms with van der Waals surface area (Å²) in [6.45, 7) is 5.27. The van der Waals surface area contributed by atoms with Gasteiger partial charge < -0.3 is 10.3 Å². The molecule has 1 fully saturated rings. The molecule has 0 amide bonds. The van der Waals surface area contributed by atoms with Crippen molar-refractivity contribution < 1.29 is 0 Å². The summed E-state index contributed by atoms with van der Waals surface area (Å²) >= 11 is 0. The van der Waals surface area contributed by atoms with Crippen molar-refractivity contribution in [1.29, 1.82) is 0 Å². The van der Waals surface area contributed by atoms with Crippen LogP contribution in [0.1, 0.15) is 38.7 Å². The Bertz CT molecular complexity index is 676. The number of pyridine rings is 1. The third kappa shape index (κ3) is 2.88. The number of aromatic amines is 1. The van der Waals surface area contributed by atoms with E-state index < -0.39 is 0 Å². The summed E-state index contributed by atoms with van der Waals surface area (Å²) in [7, 11) is 0. The molecule has 3 rings (SSSR count). The molecule has 1 aliphatic carbocycles. The third-order valence-corrected chi connectivity index (χ3v) is 5.14. The second-order valence-corrected chi connectivity index (χ2v) is 6.30. The van der Waals surface area contributed by atoms with Gasteiger partial charge in [0.2, 0.25) is 0 Å². The summed E-state index contributed by atoms with van der Waals surface area (Å²) in [5.74, 6) is 1.53. The van der Waals surface area contributed by atoms with E-state index in [2.05, 4.69) is 24.1 Å². The first-order valence-corrected chi connectivity index (χ1v) is 8.03. The molecule has 0 bridgehead atoms. The second-order valence-electron chi connectivity index (χ2n) is 6.30. The Morgan fingerprint density at radius 1 is 1.29 bits per heavy atom. The first-order chi connectivity index (χ1) is 10.2. The number of H-pyrrole nitrogens is 1. The molecule has 1 aromatic carbocycles. The van der Waals surface area contributed by atoms with Crippen LogP contribution in [0.25, 0.3) is 10.9 Å². The van der Waals surface area contributed by atoms with Gasteiger partial charge in [0, 0.05) is 23.7 Å². The molecule has 3 atom stereocenters. The van der Waals surface area contributed by atoms with Crippen LogP contribution in [0.2, 0.25) is 0 Å². The number of nitrogens with one attached hydrogen (secondary N) is 2. The van der Waals surface area contributed by atoms with Crippen molar-refractivity contribution in [2.75, 3.05) is 0 Å². The molecule has 3 nitrogen and oxygen atoms in total. The predicted molar refractivity (Wildman–Crippen MR) is 87.4 cm³/mol. The Hall–Kier alpha value is -1.61. The Morgan fingerprint density at radius 2 is 2.10 bits per heavy atom. The van der Waals surface area contributed by atoms with Gasteiger partial charge in [0.1, 0.15) is 0 Å². The van der Waals surface area contributed by atoms with Crippen molar-refractivity contribution >= 4 is 10.9 Å².